The molecule has 0 radical (unpaired) electrons. The zero-order valence-corrected chi connectivity index (χ0v) is 13.8. The molecule has 4 rings (SSSR count). The minimum Gasteiger partial charge on any atom is -0.296 e. The number of amides is 1. The van der Waals surface area contributed by atoms with Crippen LogP contribution in [0.25, 0.3) is 11.3 Å². The molecule has 1 aliphatic carbocycles. The van der Waals surface area contributed by atoms with Crippen molar-refractivity contribution < 1.29 is 4.79 Å². The molecule has 0 bridgehead atoms. The van der Waals surface area contributed by atoms with Crippen LogP contribution in [0.2, 0.25) is 0 Å². The van der Waals surface area contributed by atoms with E-state index < -0.39 is 0 Å². The molecular weight excluding hydrogens is 308 g/mol. The van der Waals surface area contributed by atoms with E-state index in [4.69, 9.17) is 0 Å². The van der Waals surface area contributed by atoms with E-state index in [2.05, 4.69) is 33.6 Å². The Morgan fingerprint density at radius 2 is 2.13 bits per heavy atom. The number of nitrogens with zero attached hydrogens (tertiary/aromatic N) is 3. The quantitative estimate of drug-likeness (QED) is 0.787. The van der Waals surface area contributed by atoms with Gasteiger partial charge in [-0.15, -0.1) is 11.3 Å². The molecule has 0 aliphatic heterocycles. The zero-order valence-electron chi connectivity index (χ0n) is 13.0. The first kappa shape index (κ1) is 14.1. The molecule has 5 nitrogen and oxygen atoms in total. The van der Waals surface area contributed by atoms with Gasteiger partial charge in [-0.2, -0.15) is 5.10 Å². The number of benzene rings is 1. The number of hydrogen-bond acceptors (Lipinski definition) is 4. The summed E-state index contributed by atoms with van der Waals surface area (Å²) in [5.74, 6) is -0.165. The molecule has 3 aromatic rings. The fraction of sp³-hybridized carbons (Fsp3) is 0.235. The largest absolute Gasteiger partial charge is 0.296 e. The number of anilines is 1. The van der Waals surface area contributed by atoms with Gasteiger partial charge in [0.15, 0.2) is 5.13 Å². The Bertz CT molecular complexity index is 890. The third-order valence-electron chi connectivity index (χ3n) is 4.15. The Labute approximate surface area is 138 Å². The number of rotatable bonds is 2. The first-order valence-corrected chi connectivity index (χ1v) is 8.33. The molecule has 0 saturated heterocycles. The van der Waals surface area contributed by atoms with Gasteiger partial charge in [0.1, 0.15) is 5.69 Å². The second kappa shape index (κ2) is 5.31. The van der Waals surface area contributed by atoms with Gasteiger partial charge in [-0.3, -0.25) is 14.8 Å². The summed E-state index contributed by atoms with van der Waals surface area (Å²) in [6.45, 7) is 1.88. The van der Waals surface area contributed by atoms with Gasteiger partial charge in [0, 0.05) is 17.5 Å². The molecular formula is C17H16N4OS. The molecule has 0 spiro atoms. The van der Waals surface area contributed by atoms with Gasteiger partial charge in [0.2, 0.25) is 0 Å². The average molecular weight is 324 g/mol. The second-order valence-corrected chi connectivity index (χ2v) is 6.79. The van der Waals surface area contributed by atoms with Crippen LogP contribution in [-0.4, -0.2) is 20.7 Å². The first-order chi connectivity index (χ1) is 11.1. The fourth-order valence-corrected chi connectivity index (χ4v) is 4.00. The summed E-state index contributed by atoms with van der Waals surface area (Å²) in [7, 11) is 1.77. The van der Waals surface area contributed by atoms with Gasteiger partial charge in [-0.05, 0) is 30.9 Å². The molecule has 1 aromatic carbocycles. The van der Waals surface area contributed by atoms with E-state index in [-0.39, 0.29) is 5.91 Å². The van der Waals surface area contributed by atoms with E-state index in [0.717, 1.165) is 24.1 Å². The van der Waals surface area contributed by atoms with Crippen LogP contribution in [0.1, 0.15) is 26.5 Å². The molecule has 116 valence electrons. The van der Waals surface area contributed by atoms with Gasteiger partial charge in [-0.25, -0.2) is 4.98 Å². The van der Waals surface area contributed by atoms with Crippen LogP contribution in [0.15, 0.2) is 30.5 Å². The van der Waals surface area contributed by atoms with Crippen LogP contribution in [0, 0.1) is 6.92 Å². The lowest BCUT2D eigenvalue weighted by atomic mass is 9.94. The highest BCUT2D eigenvalue weighted by Crippen LogP contribution is 2.38. The van der Waals surface area contributed by atoms with Gasteiger partial charge >= 0.3 is 0 Å². The molecule has 0 unspecified atom stereocenters. The Balaban J connectivity index is 1.66. The number of carbonyl (C=O) groups excluding carboxylic acids is 1. The van der Waals surface area contributed by atoms with Crippen LogP contribution in [-0.2, 0) is 19.9 Å². The lowest BCUT2D eigenvalue weighted by Gasteiger charge is -2.13. The number of aromatic nitrogens is 3. The van der Waals surface area contributed by atoms with Gasteiger partial charge in [0.25, 0.3) is 5.91 Å². The Morgan fingerprint density at radius 1 is 1.30 bits per heavy atom. The first-order valence-electron chi connectivity index (χ1n) is 7.51. The van der Waals surface area contributed by atoms with Crippen LogP contribution in [0.5, 0.6) is 0 Å². The van der Waals surface area contributed by atoms with Gasteiger partial charge < -0.3 is 0 Å². The molecule has 1 aliphatic rings. The molecule has 0 atom stereocenters. The van der Waals surface area contributed by atoms with E-state index in [1.54, 1.807) is 29.3 Å². The summed E-state index contributed by atoms with van der Waals surface area (Å²) in [4.78, 5) is 18.4. The molecule has 2 heterocycles. The van der Waals surface area contributed by atoms with E-state index in [1.807, 2.05) is 13.0 Å². The van der Waals surface area contributed by atoms with E-state index in [1.165, 1.54) is 16.0 Å². The zero-order chi connectivity index (χ0) is 16.0. The predicted octanol–water partition coefficient (Wildman–Crippen LogP) is 3.20. The maximum Gasteiger partial charge on any atom is 0.275 e. The minimum atomic E-state index is -0.165. The third kappa shape index (κ3) is 2.35. The number of carbonyl (C=O) groups is 1. The topological polar surface area (TPSA) is 59.8 Å². The number of fused-ring (bicyclic) bond motifs is 3. The number of thiazole rings is 1. The summed E-state index contributed by atoms with van der Waals surface area (Å²) in [5, 5.41) is 7.68. The smallest absolute Gasteiger partial charge is 0.275 e. The third-order valence-corrected chi connectivity index (χ3v) is 5.18. The maximum absolute atomic E-state index is 12.5. The molecule has 6 heteroatoms. The molecule has 1 N–H and O–H groups in total. The SMILES string of the molecule is Cc1cnn(C)c1C(=O)Nc1nc2c(s1)CCc1ccccc1-2. The van der Waals surface area contributed by atoms with Crippen molar-refractivity contribution in [2.75, 3.05) is 5.32 Å². The van der Waals surface area contributed by atoms with Crippen LogP contribution in [0.3, 0.4) is 0 Å². The molecule has 2 aromatic heterocycles. The molecule has 1 amide bonds. The van der Waals surface area contributed by atoms with Gasteiger partial charge in [-0.1, -0.05) is 24.3 Å². The van der Waals surface area contributed by atoms with E-state index in [9.17, 15) is 4.79 Å². The van der Waals surface area contributed by atoms with E-state index in [0.29, 0.717) is 10.8 Å². The number of aryl methyl sites for hydroxylation is 4. The maximum atomic E-state index is 12.5. The van der Waals surface area contributed by atoms with Crippen molar-refractivity contribution in [3.05, 3.63) is 52.2 Å². The van der Waals surface area contributed by atoms with E-state index >= 15 is 0 Å². The average Bonchev–Trinajstić information content (AvgIpc) is 3.10. The highest BCUT2D eigenvalue weighted by molar-refractivity contribution is 7.16. The summed E-state index contributed by atoms with van der Waals surface area (Å²) >= 11 is 1.56. The van der Waals surface area contributed by atoms with Crippen molar-refractivity contribution in [2.45, 2.75) is 19.8 Å². The van der Waals surface area contributed by atoms with Crippen LogP contribution in [0.4, 0.5) is 5.13 Å². The normalized spacial score (nSPS) is 12.6. The van der Waals surface area contributed by atoms with Crippen molar-refractivity contribution in [1.29, 1.82) is 0 Å². The fourth-order valence-electron chi connectivity index (χ4n) is 3.03. The van der Waals surface area contributed by atoms with Crippen molar-refractivity contribution in [3.63, 3.8) is 0 Å². The van der Waals surface area contributed by atoms with Crippen LogP contribution < -0.4 is 5.32 Å². The van der Waals surface area contributed by atoms with Crippen molar-refractivity contribution in [1.82, 2.24) is 14.8 Å². The standard InChI is InChI=1S/C17H16N4OS/c1-10-9-18-21(2)15(10)16(22)20-17-19-14-12-6-4-3-5-11(12)7-8-13(14)23-17/h3-6,9H,7-8H2,1-2H3,(H,19,20,22). The van der Waals surface area contributed by atoms with Crippen LogP contribution >= 0.6 is 11.3 Å². The summed E-state index contributed by atoms with van der Waals surface area (Å²) < 4.78 is 1.59. The second-order valence-electron chi connectivity index (χ2n) is 5.70. The number of hydrogen-bond donors (Lipinski definition) is 1. The summed E-state index contributed by atoms with van der Waals surface area (Å²) in [6.07, 6.45) is 3.70. The molecule has 0 saturated carbocycles. The lowest BCUT2D eigenvalue weighted by molar-refractivity contribution is 0.101. The van der Waals surface area contributed by atoms with Crippen molar-refractivity contribution >= 4 is 22.4 Å². The highest BCUT2D eigenvalue weighted by atomic mass is 32.1. The molecule has 23 heavy (non-hydrogen) atoms. The molecule has 0 fully saturated rings. The Morgan fingerprint density at radius 3 is 2.91 bits per heavy atom. The Kier molecular flexibility index (Phi) is 3.27. The lowest BCUT2D eigenvalue weighted by Crippen LogP contribution is -2.17. The monoisotopic (exact) mass is 324 g/mol. The predicted molar refractivity (Wildman–Crippen MR) is 90.9 cm³/mol. The summed E-state index contributed by atoms with van der Waals surface area (Å²) in [6, 6.07) is 8.34. The number of nitrogens with one attached hydrogen (secondary N) is 1. The minimum absolute atomic E-state index is 0.165. The van der Waals surface area contributed by atoms with Gasteiger partial charge in [0.05, 0.1) is 11.9 Å². The Hall–Kier alpha value is -2.47. The van der Waals surface area contributed by atoms with Crippen molar-refractivity contribution in [2.24, 2.45) is 7.05 Å². The summed E-state index contributed by atoms with van der Waals surface area (Å²) in [5.41, 5.74) is 4.94. The van der Waals surface area contributed by atoms with Crippen molar-refractivity contribution in [3.8, 4) is 11.3 Å². The highest BCUT2D eigenvalue weighted by Gasteiger charge is 2.22.